The van der Waals surface area contributed by atoms with Crippen LogP contribution in [0.25, 0.3) is 0 Å². The van der Waals surface area contributed by atoms with Gasteiger partial charge in [-0.1, -0.05) is 0 Å². The summed E-state index contributed by atoms with van der Waals surface area (Å²) in [6.07, 6.45) is 1.17. The Labute approximate surface area is 108 Å². The van der Waals surface area contributed by atoms with E-state index in [1.54, 1.807) is 0 Å². The van der Waals surface area contributed by atoms with Gasteiger partial charge in [-0.25, -0.2) is 13.1 Å². The molecule has 2 rings (SSSR count). The first-order valence-electron chi connectivity index (χ1n) is 5.25. The molecular formula is C9H12ClN3O4S. The number of amides is 1. The molecule has 0 bridgehead atoms. The van der Waals surface area contributed by atoms with Crippen LogP contribution in [0.3, 0.4) is 0 Å². The first kappa shape index (κ1) is 13.2. The molecule has 100 valence electrons. The fraction of sp³-hybridized carbons (Fsp3) is 0.556. The lowest BCUT2D eigenvalue weighted by atomic mass is 10.1. The number of carbonyl (C=O) groups is 1. The van der Waals surface area contributed by atoms with Gasteiger partial charge in [0.05, 0.1) is 19.3 Å². The number of fused-ring (bicyclic) bond motifs is 1. The summed E-state index contributed by atoms with van der Waals surface area (Å²) < 4.78 is 29.3. The third-order valence-corrected chi connectivity index (χ3v) is 3.85. The molecule has 9 heteroatoms. The Morgan fingerprint density at radius 3 is 3.06 bits per heavy atom. The summed E-state index contributed by atoms with van der Waals surface area (Å²) in [5.41, 5.74) is 0. The molecule has 1 amide bonds. The highest BCUT2D eigenvalue weighted by Crippen LogP contribution is 2.30. The van der Waals surface area contributed by atoms with Crippen LogP contribution in [0, 0.1) is 5.92 Å². The van der Waals surface area contributed by atoms with E-state index in [4.69, 9.17) is 15.4 Å². The van der Waals surface area contributed by atoms with Gasteiger partial charge in [0.2, 0.25) is 11.8 Å². The van der Waals surface area contributed by atoms with E-state index >= 15 is 0 Å². The van der Waals surface area contributed by atoms with Crippen molar-refractivity contribution >= 4 is 25.6 Å². The minimum atomic E-state index is -3.85. The molecule has 7 nitrogen and oxygen atoms in total. The Balaban J connectivity index is 2.12. The molecule has 0 saturated carbocycles. The lowest BCUT2D eigenvalue weighted by Gasteiger charge is -2.24. The summed E-state index contributed by atoms with van der Waals surface area (Å²) in [5, 5.41) is 6.59. The maximum Gasteiger partial charge on any atom is 0.268 e. The van der Waals surface area contributed by atoms with Gasteiger partial charge in [0.1, 0.15) is 0 Å². The number of hydrogen-bond donors (Lipinski definition) is 1. The van der Waals surface area contributed by atoms with Crippen molar-refractivity contribution in [1.29, 1.82) is 0 Å². The Kier molecular flexibility index (Phi) is 3.49. The van der Waals surface area contributed by atoms with Crippen molar-refractivity contribution in [2.45, 2.75) is 18.4 Å². The van der Waals surface area contributed by atoms with Crippen LogP contribution in [-0.2, 0) is 20.4 Å². The van der Waals surface area contributed by atoms with E-state index in [-0.39, 0.29) is 22.6 Å². The smallest absolute Gasteiger partial charge is 0.268 e. The maximum absolute atomic E-state index is 11.2. The third-order valence-electron chi connectivity index (χ3n) is 2.55. The zero-order valence-corrected chi connectivity index (χ0v) is 11.2. The summed E-state index contributed by atoms with van der Waals surface area (Å²) >= 11 is 0. The summed E-state index contributed by atoms with van der Waals surface area (Å²) in [4.78, 5) is 10.7. The van der Waals surface area contributed by atoms with Crippen LogP contribution in [-0.4, -0.2) is 37.3 Å². The van der Waals surface area contributed by atoms with E-state index < -0.39 is 9.05 Å². The number of nitrogens with one attached hydrogen (secondary N) is 1. The highest BCUT2D eigenvalue weighted by molar-refractivity contribution is 8.13. The van der Waals surface area contributed by atoms with Gasteiger partial charge in [-0.05, 0) is 0 Å². The minimum Gasteiger partial charge on any atom is -0.476 e. The summed E-state index contributed by atoms with van der Waals surface area (Å²) in [6.45, 7) is 2.67. The second kappa shape index (κ2) is 4.77. The second-order valence-electron chi connectivity index (χ2n) is 4.05. The molecule has 1 N–H and O–H groups in total. The Hall–Kier alpha value is -1.28. The van der Waals surface area contributed by atoms with Crippen molar-refractivity contribution in [1.82, 2.24) is 15.1 Å². The largest absolute Gasteiger partial charge is 0.476 e. The van der Waals surface area contributed by atoms with Crippen LogP contribution < -0.4 is 10.1 Å². The fourth-order valence-electron chi connectivity index (χ4n) is 1.71. The molecule has 0 aliphatic carbocycles. The van der Waals surface area contributed by atoms with Gasteiger partial charge >= 0.3 is 0 Å². The lowest BCUT2D eigenvalue weighted by molar-refractivity contribution is -0.119. The maximum atomic E-state index is 11.2. The predicted molar refractivity (Wildman–Crippen MR) is 62.9 cm³/mol. The van der Waals surface area contributed by atoms with Crippen molar-refractivity contribution in [3.8, 4) is 5.88 Å². The summed E-state index contributed by atoms with van der Waals surface area (Å²) in [7, 11) is 1.41. The zero-order valence-electron chi connectivity index (χ0n) is 9.59. The number of nitrogens with zero attached hydrogens (tertiary/aromatic N) is 2. The number of carbonyl (C=O) groups excluding carboxylic acids is 1. The molecule has 1 unspecified atom stereocenters. The van der Waals surface area contributed by atoms with Gasteiger partial charge in [-0.3, -0.25) is 4.79 Å². The Morgan fingerprint density at radius 2 is 2.44 bits per heavy atom. The quantitative estimate of drug-likeness (QED) is 0.790. The lowest BCUT2D eigenvalue weighted by Crippen LogP contribution is -2.36. The molecule has 18 heavy (non-hydrogen) atoms. The monoisotopic (exact) mass is 293 g/mol. The number of aromatic nitrogens is 2. The first-order chi connectivity index (χ1) is 8.38. The number of halogens is 1. The van der Waals surface area contributed by atoms with Crippen molar-refractivity contribution in [2.24, 2.45) is 5.92 Å². The SMILES string of the molecule is CC(=O)NCC1COc2c(S(=O)(=O)Cl)cnn2C1. The molecule has 1 aliphatic rings. The average Bonchev–Trinajstić information content (AvgIpc) is 2.68. The third kappa shape index (κ3) is 2.75. The number of hydrogen-bond acceptors (Lipinski definition) is 5. The first-order valence-corrected chi connectivity index (χ1v) is 7.56. The van der Waals surface area contributed by atoms with Gasteiger partial charge in [0.25, 0.3) is 9.05 Å². The summed E-state index contributed by atoms with van der Waals surface area (Å²) in [5.74, 6) is 0.0848. The molecule has 0 aromatic carbocycles. The van der Waals surface area contributed by atoms with Crippen LogP contribution in [0.15, 0.2) is 11.1 Å². The van der Waals surface area contributed by atoms with E-state index in [9.17, 15) is 13.2 Å². The topological polar surface area (TPSA) is 90.3 Å². The molecule has 1 aromatic rings. The van der Waals surface area contributed by atoms with E-state index in [0.717, 1.165) is 0 Å². The zero-order chi connectivity index (χ0) is 13.3. The Morgan fingerprint density at radius 1 is 1.72 bits per heavy atom. The Bertz CT molecular complexity index is 568. The second-order valence-corrected chi connectivity index (χ2v) is 6.58. The van der Waals surface area contributed by atoms with Crippen LogP contribution in [0.2, 0.25) is 0 Å². The minimum absolute atomic E-state index is 0.0483. The van der Waals surface area contributed by atoms with Crippen molar-refractivity contribution < 1.29 is 17.9 Å². The normalized spacial score (nSPS) is 18.9. The molecule has 0 fully saturated rings. The van der Waals surface area contributed by atoms with Crippen LogP contribution in [0.4, 0.5) is 0 Å². The highest BCUT2D eigenvalue weighted by Gasteiger charge is 2.28. The van der Waals surface area contributed by atoms with Crippen molar-refractivity contribution in [3.63, 3.8) is 0 Å². The predicted octanol–water partition coefficient (Wildman–Crippen LogP) is -0.0447. The van der Waals surface area contributed by atoms with Crippen LogP contribution >= 0.6 is 10.7 Å². The van der Waals surface area contributed by atoms with Gasteiger partial charge in [-0.2, -0.15) is 5.10 Å². The molecule has 1 aromatic heterocycles. The fourth-order valence-corrected chi connectivity index (χ4v) is 2.57. The van der Waals surface area contributed by atoms with E-state index in [1.165, 1.54) is 17.8 Å². The molecule has 0 spiro atoms. The molecular weight excluding hydrogens is 282 g/mol. The number of rotatable bonds is 3. The highest BCUT2D eigenvalue weighted by atomic mass is 35.7. The standard InChI is InChI=1S/C9H12ClN3O4S/c1-6(14)11-2-7-4-13-9(17-5-7)8(3-12-13)18(10,15)16/h3,7H,2,4-5H2,1H3,(H,11,14). The average molecular weight is 294 g/mol. The van der Waals surface area contributed by atoms with Crippen molar-refractivity contribution in [2.75, 3.05) is 13.2 Å². The van der Waals surface area contributed by atoms with Gasteiger partial charge in [-0.15, -0.1) is 0 Å². The van der Waals surface area contributed by atoms with E-state index in [2.05, 4.69) is 10.4 Å². The van der Waals surface area contributed by atoms with E-state index in [0.29, 0.717) is 19.7 Å². The van der Waals surface area contributed by atoms with Gasteiger partial charge < -0.3 is 10.1 Å². The number of ether oxygens (including phenoxy) is 1. The van der Waals surface area contributed by atoms with E-state index in [1.807, 2.05) is 0 Å². The molecule has 0 radical (unpaired) electrons. The molecule has 1 aliphatic heterocycles. The van der Waals surface area contributed by atoms with Crippen LogP contribution in [0.1, 0.15) is 6.92 Å². The van der Waals surface area contributed by atoms with Gasteiger partial charge in [0, 0.05) is 30.1 Å². The molecule has 0 saturated heterocycles. The van der Waals surface area contributed by atoms with Crippen LogP contribution in [0.5, 0.6) is 5.88 Å². The van der Waals surface area contributed by atoms with Crippen molar-refractivity contribution in [3.05, 3.63) is 6.20 Å². The molecule has 1 atom stereocenters. The molecule has 2 heterocycles. The van der Waals surface area contributed by atoms with Gasteiger partial charge in [0.15, 0.2) is 4.90 Å². The summed E-state index contributed by atoms with van der Waals surface area (Å²) in [6, 6.07) is 0.